The van der Waals surface area contributed by atoms with Crippen LogP contribution in [0.25, 0.3) is 11.5 Å². The summed E-state index contributed by atoms with van der Waals surface area (Å²) in [5.41, 5.74) is 6.33. The number of rotatable bonds is 2. The number of nitrogens with two attached hydrogens (primary N) is 1. The molecule has 3 heterocycles. The lowest BCUT2D eigenvalue weighted by Gasteiger charge is -2.18. The average molecular weight is 235 g/mol. The van der Waals surface area contributed by atoms with Crippen molar-refractivity contribution >= 4 is 5.82 Å². The Balaban J connectivity index is 1.85. The van der Waals surface area contributed by atoms with Crippen LogP contribution in [0, 0.1) is 0 Å². The summed E-state index contributed by atoms with van der Waals surface area (Å²) < 4.78 is 10.6. The lowest BCUT2D eigenvalue weighted by atomic mass is 10.0. The van der Waals surface area contributed by atoms with E-state index < -0.39 is 0 Å². The minimum Gasteiger partial charge on any atom is -0.383 e. The van der Waals surface area contributed by atoms with E-state index >= 15 is 0 Å². The molecule has 7 heteroatoms. The number of nitrogens with zero attached hydrogens (tertiary/aromatic N) is 3. The summed E-state index contributed by atoms with van der Waals surface area (Å²) in [5, 5.41) is 10.4. The first-order valence-electron chi connectivity index (χ1n) is 5.55. The van der Waals surface area contributed by atoms with Gasteiger partial charge in [-0.2, -0.15) is 10.1 Å². The van der Waals surface area contributed by atoms with Crippen molar-refractivity contribution in [2.24, 2.45) is 0 Å². The van der Waals surface area contributed by atoms with Gasteiger partial charge in [0.2, 0.25) is 0 Å². The lowest BCUT2D eigenvalue weighted by molar-refractivity contribution is 0.0773. The molecule has 17 heavy (non-hydrogen) atoms. The van der Waals surface area contributed by atoms with Crippen LogP contribution in [0.5, 0.6) is 0 Å². The number of hydrogen-bond donors (Lipinski definition) is 2. The van der Waals surface area contributed by atoms with E-state index in [1.165, 1.54) is 0 Å². The molecule has 0 aromatic carbocycles. The molecule has 1 saturated heterocycles. The molecular weight excluding hydrogens is 222 g/mol. The highest BCUT2D eigenvalue weighted by Gasteiger charge is 2.22. The summed E-state index contributed by atoms with van der Waals surface area (Å²) in [6.45, 7) is 1.47. The second-order valence-corrected chi connectivity index (χ2v) is 4.07. The van der Waals surface area contributed by atoms with Gasteiger partial charge in [0.05, 0.1) is 12.8 Å². The van der Waals surface area contributed by atoms with Gasteiger partial charge in [0.25, 0.3) is 5.89 Å². The molecule has 1 fully saturated rings. The van der Waals surface area contributed by atoms with E-state index in [4.69, 9.17) is 15.0 Å². The van der Waals surface area contributed by atoms with Gasteiger partial charge in [0.15, 0.2) is 5.82 Å². The summed E-state index contributed by atoms with van der Waals surface area (Å²) in [6.07, 6.45) is 3.63. The Morgan fingerprint density at radius 3 is 3.12 bits per heavy atom. The maximum absolute atomic E-state index is 5.69. The smallest absolute Gasteiger partial charge is 0.263 e. The van der Waals surface area contributed by atoms with Crippen LogP contribution in [-0.4, -0.2) is 33.6 Å². The molecule has 2 aromatic rings. The Hall–Kier alpha value is -1.89. The number of ether oxygens (including phenoxy) is 1. The summed E-state index contributed by atoms with van der Waals surface area (Å²) in [5.74, 6) is 1.73. The van der Waals surface area contributed by atoms with Gasteiger partial charge in [-0.05, 0) is 12.8 Å². The van der Waals surface area contributed by atoms with Gasteiger partial charge in [-0.15, -0.1) is 0 Å². The maximum Gasteiger partial charge on any atom is 0.263 e. The molecule has 1 unspecified atom stereocenters. The molecule has 7 nitrogen and oxygen atoms in total. The van der Waals surface area contributed by atoms with Crippen molar-refractivity contribution in [2.75, 3.05) is 18.9 Å². The molecule has 0 radical (unpaired) electrons. The third kappa shape index (κ3) is 1.89. The molecule has 0 spiro atoms. The zero-order valence-corrected chi connectivity index (χ0v) is 9.22. The zero-order valence-electron chi connectivity index (χ0n) is 9.22. The Labute approximate surface area is 97.3 Å². The highest BCUT2D eigenvalue weighted by molar-refractivity contribution is 5.65. The number of aromatic amines is 1. The third-order valence-corrected chi connectivity index (χ3v) is 2.87. The van der Waals surface area contributed by atoms with Gasteiger partial charge < -0.3 is 15.0 Å². The van der Waals surface area contributed by atoms with E-state index in [1.807, 2.05) is 0 Å². The van der Waals surface area contributed by atoms with Crippen LogP contribution in [0.3, 0.4) is 0 Å². The van der Waals surface area contributed by atoms with Crippen LogP contribution in [0.15, 0.2) is 10.7 Å². The highest BCUT2D eigenvalue weighted by atomic mass is 16.5. The number of nitrogens with one attached hydrogen (secondary N) is 1. The first kappa shape index (κ1) is 10.3. The Morgan fingerprint density at radius 2 is 2.41 bits per heavy atom. The molecule has 0 bridgehead atoms. The molecule has 3 rings (SSSR count). The predicted molar refractivity (Wildman–Crippen MR) is 59.1 cm³/mol. The monoisotopic (exact) mass is 235 g/mol. The van der Waals surface area contributed by atoms with Crippen molar-refractivity contribution in [3.8, 4) is 11.5 Å². The van der Waals surface area contributed by atoms with E-state index in [9.17, 15) is 0 Å². The number of H-pyrrole nitrogens is 1. The summed E-state index contributed by atoms with van der Waals surface area (Å²) in [7, 11) is 0. The number of aromatic nitrogens is 4. The predicted octanol–water partition coefficient (Wildman–Crippen LogP) is 0.936. The first-order chi connectivity index (χ1) is 8.34. The van der Waals surface area contributed by atoms with Gasteiger partial charge >= 0.3 is 0 Å². The summed E-state index contributed by atoms with van der Waals surface area (Å²) >= 11 is 0. The largest absolute Gasteiger partial charge is 0.383 e. The van der Waals surface area contributed by atoms with Crippen LogP contribution >= 0.6 is 0 Å². The molecule has 3 N–H and O–H groups in total. The van der Waals surface area contributed by atoms with Crippen molar-refractivity contribution in [1.82, 2.24) is 20.3 Å². The van der Waals surface area contributed by atoms with Crippen molar-refractivity contribution in [3.05, 3.63) is 12.0 Å². The molecule has 2 aromatic heterocycles. The van der Waals surface area contributed by atoms with Gasteiger partial charge in [-0.3, -0.25) is 5.10 Å². The van der Waals surface area contributed by atoms with Gasteiger partial charge in [-0.1, -0.05) is 5.16 Å². The molecule has 0 saturated carbocycles. The van der Waals surface area contributed by atoms with E-state index in [0.717, 1.165) is 19.4 Å². The third-order valence-electron chi connectivity index (χ3n) is 2.87. The van der Waals surface area contributed by atoms with Crippen molar-refractivity contribution in [3.63, 3.8) is 0 Å². The standard InChI is InChI=1S/C10H13N5O2/c11-8-7(4-12-14-8)10-13-9(15-17-10)6-2-1-3-16-5-6/h4,6H,1-3,5H2,(H3,11,12,14). The molecule has 1 aliphatic heterocycles. The first-order valence-corrected chi connectivity index (χ1v) is 5.55. The number of hydrogen-bond acceptors (Lipinski definition) is 6. The SMILES string of the molecule is Nc1[nH]ncc1-c1nc(C2CCCOC2)no1. The molecular formula is C10H13N5O2. The van der Waals surface area contributed by atoms with Gasteiger partial charge in [-0.25, -0.2) is 0 Å². The lowest BCUT2D eigenvalue weighted by Crippen LogP contribution is -2.16. The van der Waals surface area contributed by atoms with E-state index in [2.05, 4.69) is 20.3 Å². The average Bonchev–Trinajstić information content (AvgIpc) is 2.98. The molecule has 1 atom stereocenters. The Kier molecular flexibility index (Phi) is 2.52. The minimum absolute atomic E-state index is 0.217. The second kappa shape index (κ2) is 4.17. The van der Waals surface area contributed by atoms with Crippen molar-refractivity contribution in [2.45, 2.75) is 18.8 Å². The van der Waals surface area contributed by atoms with Gasteiger partial charge in [0, 0.05) is 12.5 Å². The van der Waals surface area contributed by atoms with Crippen LogP contribution in [-0.2, 0) is 4.74 Å². The zero-order chi connectivity index (χ0) is 11.7. The highest BCUT2D eigenvalue weighted by Crippen LogP contribution is 2.27. The van der Waals surface area contributed by atoms with E-state index in [1.54, 1.807) is 6.20 Å². The van der Waals surface area contributed by atoms with Crippen molar-refractivity contribution < 1.29 is 9.26 Å². The van der Waals surface area contributed by atoms with Gasteiger partial charge in [0.1, 0.15) is 11.4 Å². The van der Waals surface area contributed by atoms with Crippen LogP contribution in [0.4, 0.5) is 5.82 Å². The number of anilines is 1. The van der Waals surface area contributed by atoms with E-state index in [0.29, 0.717) is 29.7 Å². The fraction of sp³-hybridized carbons (Fsp3) is 0.500. The Morgan fingerprint density at radius 1 is 1.47 bits per heavy atom. The summed E-state index contributed by atoms with van der Waals surface area (Å²) in [6, 6.07) is 0. The van der Waals surface area contributed by atoms with E-state index in [-0.39, 0.29) is 5.92 Å². The normalized spacial score (nSPS) is 20.6. The number of nitrogen functional groups attached to an aromatic ring is 1. The summed E-state index contributed by atoms with van der Waals surface area (Å²) in [4.78, 5) is 4.34. The molecule has 1 aliphatic rings. The Bertz CT molecular complexity index is 500. The maximum atomic E-state index is 5.69. The van der Waals surface area contributed by atoms with Crippen LogP contribution in [0.1, 0.15) is 24.6 Å². The topological polar surface area (TPSA) is 103 Å². The van der Waals surface area contributed by atoms with Crippen molar-refractivity contribution in [1.29, 1.82) is 0 Å². The quantitative estimate of drug-likeness (QED) is 0.802. The molecule has 0 aliphatic carbocycles. The molecule has 90 valence electrons. The fourth-order valence-electron chi connectivity index (χ4n) is 1.92. The van der Waals surface area contributed by atoms with Crippen LogP contribution < -0.4 is 5.73 Å². The van der Waals surface area contributed by atoms with Crippen LogP contribution in [0.2, 0.25) is 0 Å². The second-order valence-electron chi connectivity index (χ2n) is 4.07. The fourth-order valence-corrected chi connectivity index (χ4v) is 1.92. The minimum atomic E-state index is 0.217. The molecule has 0 amide bonds.